The summed E-state index contributed by atoms with van der Waals surface area (Å²) in [6.45, 7) is 10.7. The molecule has 2 aliphatic heterocycles. The number of nitrogens with zero attached hydrogens (tertiary/aromatic N) is 2. The molecule has 3 heterocycles. The van der Waals surface area contributed by atoms with E-state index < -0.39 is 0 Å². The number of aromatic amines is 1. The smallest absolute Gasteiger partial charge is 0.267 e. The van der Waals surface area contributed by atoms with Crippen LogP contribution in [0.5, 0.6) is 5.75 Å². The molecule has 2 aromatic rings. The first-order valence-electron chi connectivity index (χ1n) is 11.9. The fourth-order valence-electron chi connectivity index (χ4n) is 4.94. The molecule has 1 aromatic heterocycles. The fraction of sp³-hybridized carbons (Fsp3) is 0.640. The average Bonchev–Trinajstić information content (AvgIpc) is 3.19. The number of carbonyl (C=O) groups excluding carboxylic acids is 1. The normalized spacial score (nSPS) is 21.6. The van der Waals surface area contributed by atoms with Crippen molar-refractivity contribution in [2.45, 2.75) is 45.6 Å². The van der Waals surface area contributed by atoms with Gasteiger partial charge < -0.3 is 24.8 Å². The summed E-state index contributed by atoms with van der Waals surface area (Å²) in [6.07, 6.45) is 4.72. The maximum Gasteiger partial charge on any atom is 0.267 e. The Morgan fingerprint density at radius 2 is 2.03 bits per heavy atom. The minimum atomic E-state index is -0.0154. The standard InChI is InChI=1S/C25H38N4O2/c1-18(2)17-31-24-8-4-7-22-21(24)14-23(27-22)25(30)26-20-9-12-29(13-10-20)16-19-6-5-11-28(3)15-19/h4,7-8,14,18-20,27H,5-6,9-13,15-17H2,1-3H3,(H,26,30). The van der Waals surface area contributed by atoms with Gasteiger partial charge in [-0.2, -0.15) is 0 Å². The van der Waals surface area contributed by atoms with E-state index in [9.17, 15) is 4.79 Å². The van der Waals surface area contributed by atoms with Gasteiger partial charge in [-0.25, -0.2) is 0 Å². The van der Waals surface area contributed by atoms with Crippen LogP contribution in [0, 0.1) is 11.8 Å². The van der Waals surface area contributed by atoms with E-state index >= 15 is 0 Å². The highest BCUT2D eigenvalue weighted by atomic mass is 16.5. The number of nitrogens with one attached hydrogen (secondary N) is 2. The topological polar surface area (TPSA) is 60.6 Å². The number of hydrogen-bond acceptors (Lipinski definition) is 4. The highest BCUT2D eigenvalue weighted by Crippen LogP contribution is 2.27. The predicted molar refractivity (Wildman–Crippen MR) is 126 cm³/mol. The van der Waals surface area contributed by atoms with Crippen molar-refractivity contribution in [1.29, 1.82) is 0 Å². The van der Waals surface area contributed by atoms with Crippen LogP contribution in [0.15, 0.2) is 24.3 Å². The zero-order valence-electron chi connectivity index (χ0n) is 19.3. The Kier molecular flexibility index (Phi) is 7.18. The Bertz CT molecular complexity index is 870. The lowest BCUT2D eigenvalue weighted by atomic mass is 9.96. The Morgan fingerprint density at radius 3 is 2.77 bits per heavy atom. The van der Waals surface area contributed by atoms with Crippen LogP contribution in [0.1, 0.15) is 50.0 Å². The lowest BCUT2D eigenvalue weighted by Gasteiger charge is -2.37. The summed E-state index contributed by atoms with van der Waals surface area (Å²) in [5, 5.41) is 4.22. The summed E-state index contributed by atoms with van der Waals surface area (Å²) in [5.74, 6) is 2.08. The van der Waals surface area contributed by atoms with Gasteiger partial charge in [-0.3, -0.25) is 4.79 Å². The summed E-state index contributed by atoms with van der Waals surface area (Å²) >= 11 is 0. The van der Waals surface area contributed by atoms with Crippen molar-refractivity contribution in [1.82, 2.24) is 20.1 Å². The Labute approximate surface area is 186 Å². The zero-order chi connectivity index (χ0) is 21.8. The largest absolute Gasteiger partial charge is 0.493 e. The van der Waals surface area contributed by atoms with Crippen molar-refractivity contribution < 1.29 is 9.53 Å². The van der Waals surface area contributed by atoms with Crippen molar-refractivity contribution in [2.24, 2.45) is 11.8 Å². The number of H-pyrrole nitrogens is 1. The van der Waals surface area contributed by atoms with Gasteiger partial charge in [0.25, 0.3) is 5.91 Å². The van der Waals surface area contributed by atoms with Crippen LogP contribution in [-0.2, 0) is 0 Å². The van der Waals surface area contributed by atoms with E-state index in [1.165, 1.54) is 32.5 Å². The van der Waals surface area contributed by atoms with Gasteiger partial charge in [-0.15, -0.1) is 0 Å². The second-order valence-corrected chi connectivity index (χ2v) is 9.92. The van der Waals surface area contributed by atoms with Crippen LogP contribution in [0.2, 0.25) is 0 Å². The van der Waals surface area contributed by atoms with Crippen LogP contribution < -0.4 is 10.1 Å². The number of carbonyl (C=O) groups is 1. The minimum absolute atomic E-state index is 0.0154. The predicted octanol–water partition coefficient (Wildman–Crippen LogP) is 3.74. The molecule has 1 unspecified atom stereocenters. The third-order valence-corrected chi connectivity index (χ3v) is 6.60. The monoisotopic (exact) mass is 426 g/mol. The number of fused-ring (bicyclic) bond motifs is 1. The van der Waals surface area contributed by atoms with Gasteiger partial charge >= 0.3 is 0 Å². The van der Waals surface area contributed by atoms with Gasteiger partial charge in [0, 0.05) is 43.1 Å². The van der Waals surface area contributed by atoms with E-state index in [-0.39, 0.29) is 11.9 Å². The first-order valence-corrected chi connectivity index (χ1v) is 11.9. The molecule has 0 radical (unpaired) electrons. The molecule has 2 aliphatic rings. The molecule has 6 nitrogen and oxygen atoms in total. The van der Waals surface area contributed by atoms with Gasteiger partial charge in [0.15, 0.2) is 0 Å². The number of hydrogen-bond donors (Lipinski definition) is 2. The van der Waals surface area contributed by atoms with Gasteiger partial charge in [0.2, 0.25) is 0 Å². The number of aromatic nitrogens is 1. The van der Waals surface area contributed by atoms with Crippen molar-refractivity contribution in [3.63, 3.8) is 0 Å². The van der Waals surface area contributed by atoms with Gasteiger partial charge in [-0.1, -0.05) is 19.9 Å². The SMILES string of the molecule is CC(C)COc1cccc2[nH]c(C(=O)NC3CCN(CC4CCCN(C)C4)CC3)cc12. The molecular weight excluding hydrogens is 388 g/mol. The first-order chi connectivity index (χ1) is 15.0. The van der Waals surface area contributed by atoms with Gasteiger partial charge in [-0.05, 0) is 69.3 Å². The van der Waals surface area contributed by atoms with E-state index in [0.717, 1.165) is 48.5 Å². The Hall–Kier alpha value is -2.05. The molecule has 2 N–H and O–H groups in total. The number of ether oxygens (including phenoxy) is 1. The summed E-state index contributed by atoms with van der Waals surface area (Å²) in [4.78, 5) is 21.2. The number of likely N-dealkylation sites (tertiary alicyclic amines) is 2. The van der Waals surface area contributed by atoms with E-state index in [0.29, 0.717) is 18.2 Å². The highest BCUT2D eigenvalue weighted by Gasteiger charge is 2.25. The Balaban J connectivity index is 1.30. The number of benzene rings is 1. The third-order valence-electron chi connectivity index (χ3n) is 6.60. The van der Waals surface area contributed by atoms with Crippen LogP contribution in [0.4, 0.5) is 0 Å². The second-order valence-electron chi connectivity index (χ2n) is 9.92. The van der Waals surface area contributed by atoms with Gasteiger partial charge in [0.1, 0.15) is 11.4 Å². The quantitative estimate of drug-likeness (QED) is 0.708. The molecule has 1 atom stereocenters. The van der Waals surface area contributed by atoms with Crippen LogP contribution in [0.25, 0.3) is 10.9 Å². The van der Waals surface area contributed by atoms with Crippen molar-refractivity contribution >= 4 is 16.8 Å². The number of piperidine rings is 2. The van der Waals surface area contributed by atoms with Crippen molar-refractivity contribution in [3.05, 3.63) is 30.0 Å². The number of rotatable bonds is 7. The molecule has 170 valence electrons. The van der Waals surface area contributed by atoms with Crippen LogP contribution in [-0.4, -0.2) is 73.1 Å². The maximum absolute atomic E-state index is 12.9. The summed E-state index contributed by atoms with van der Waals surface area (Å²) in [7, 11) is 2.23. The summed E-state index contributed by atoms with van der Waals surface area (Å²) in [5.41, 5.74) is 1.56. The number of amides is 1. The molecule has 31 heavy (non-hydrogen) atoms. The van der Waals surface area contributed by atoms with Crippen molar-refractivity contribution in [3.8, 4) is 5.75 Å². The molecule has 2 saturated heterocycles. The second kappa shape index (κ2) is 10.0. The average molecular weight is 427 g/mol. The molecule has 0 bridgehead atoms. The maximum atomic E-state index is 12.9. The van der Waals surface area contributed by atoms with Gasteiger partial charge in [0.05, 0.1) is 6.61 Å². The first kappa shape index (κ1) is 22.2. The summed E-state index contributed by atoms with van der Waals surface area (Å²) in [6, 6.07) is 8.11. The van der Waals surface area contributed by atoms with E-state index in [1.807, 2.05) is 24.3 Å². The Morgan fingerprint density at radius 1 is 1.23 bits per heavy atom. The van der Waals surface area contributed by atoms with E-state index in [1.54, 1.807) is 0 Å². The fourth-order valence-corrected chi connectivity index (χ4v) is 4.94. The molecule has 1 aromatic carbocycles. The molecule has 0 spiro atoms. The molecule has 4 rings (SSSR count). The zero-order valence-corrected chi connectivity index (χ0v) is 19.3. The van der Waals surface area contributed by atoms with Crippen LogP contribution in [0.3, 0.4) is 0 Å². The molecule has 0 saturated carbocycles. The lowest BCUT2D eigenvalue weighted by Crippen LogP contribution is -2.47. The minimum Gasteiger partial charge on any atom is -0.493 e. The van der Waals surface area contributed by atoms with Crippen LogP contribution >= 0.6 is 0 Å². The van der Waals surface area contributed by atoms with E-state index in [4.69, 9.17) is 4.74 Å². The van der Waals surface area contributed by atoms with Crippen molar-refractivity contribution in [2.75, 3.05) is 46.4 Å². The molecule has 0 aliphatic carbocycles. The highest BCUT2D eigenvalue weighted by molar-refractivity contribution is 5.99. The summed E-state index contributed by atoms with van der Waals surface area (Å²) < 4.78 is 5.94. The lowest BCUT2D eigenvalue weighted by molar-refractivity contribution is 0.0888. The third kappa shape index (κ3) is 5.80. The molecule has 6 heteroatoms. The van der Waals surface area contributed by atoms with E-state index in [2.05, 4.69) is 41.0 Å². The molecular formula is C25H38N4O2. The molecule has 2 fully saturated rings. The molecule has 1 amide bonds.